The summed E-state index contributed by atoms with van der Waals surface area (Å²) >= 11 is 0. The van der Waals surface area contributed by atoms with Gasteiger partial charge >= 0.3 is 5.90 Å². The molecule has 3 nitrogen and oxygen atoms in total. The van der Waals surface area contributed by atoms with E-state index >= 15 is 0 Å². The number of Topliss-reactive ketones (excluding diaryl/α,β-unsaturated/α-hetero) is 1. The molecule has 1 rings (SSSR count). The Morgan fingerprint density at radius 1 is 1.25 bits per heavy atom. The molecular weight excluding hydrogens is 202 g/mol. The first kappa shape index (κ1) is 12.4. The molecule has 0 fully saturated rings. The van der Waals surface area contributed by atoms with Crippen molar-refractivity contribution >= 4 is 11.7 Å². The van der Waals surface area contributed by atoms with Gasteiger partial charge in [0.15, 0.2) is 12.4 Å². The number of nitrogens with zero attached hydrogens (tertiary/aromatic N) is 1. The molecule has 0 bridgehead atoms. The van der Waals surface area contributed by atoms with Gasteiger partial charge in [0.1, 0.15) is 14.1 Å². The SMILES string of the molecule is CC(OCC(=O)c1ccc(C)cc1)=[N+](C)C. The Hall–Kier alpha value is -1.64. The zero-order chi connectivity index (χ0) is 12.1. The summed E-state index contributed by atoms with van der Waals surface area (Å²) in [7, 11) is 3.76. The third kappa shape index (κ3) is 3.50. The highest BCUT2D eigenvalue weighted by atomic mass is 16.5. The molecule has 16 heavy (non-hydrogen) atoms. The summed E-state index contributed by atoms with van der Waals surface area (Å²) in [6, 6.07) is 7.50. The number of ketones is 1. The Bertz CT molecular complexity index is 400. The van der Waals surface area contributed by atoms with Crippen LogP contribution in [-0.4, -0.2) is 37.0 Å². The summed E-state index contributed by atoms with van der Waals surface area (Å²) < 4.78 is 7.18. The van der Waals surface area contributed by atoms with Crippen LogP contribution >= 0.6 is 0 Å². The van der Waals surface area contributed by atoms with Gasteiger partial charge in [-0.25, -0.2) is 4.58 Å². The quantitative estimate of drug-likeness (QED) is 0.337. The average molecular weight is 220 g/mol. The first-order valence-corrected chi connectivity index (χ1v) is 5.24. The zero-order valence-corrected chi connectivity index (χ0v) is 10.3. The number of hydrogen-bond donors (Lipinski definition) is 0. The van der Waals surface area contributed by atoms with Gasteiger partial charge in [-0.05, 0) is 6.92 Å². The van der Waals surface area contributed by atoms with E-state index in [0.717, 1.165) is 11.5 Å². The molecule has 0 aliphatic rings. The molecule has 0 unspecified atom stereocenters. The Labute approximate surface area is 96.4 Å². The van der Waals surface area contributed by atoms with Crippen LogP contribution in [0.4, 0.5) is 0 Å². The molecule has 0 N–H and O–H groups in total. The van der Waals surface area contributed by atoms with Crippen LogP contribution in [0.2, 0.25) is 0 Å². The lowest BCUT2D eigenvalue weighted by molar-refractivity contribution is -0.474. The molecule has 0 aromatic heterocycles. The molecule has 0 amide bonds. The smallest absolute Gasteiger partial charge is 0.333 e. The van der Waals surface area contributed by atoms with Crippen LogP contribution in [-0.2, 0) is 4.74 Å². The van der Waals surface area contributed by atoms with Gasteiger partial charge in [-0.15, -0.1) is 0 Å². The van der Waals surface area contributed by atoms with E-state index in [4.69, 9.17) is 4.74 Å². The van der Waals surface area contributed by atoms with E-state index in [2.05, 4.69) is 0 Å². The predicted molar refractivity (Wildman–Crippen MR) is 64.3 cm³/mol. The van der Waals surface area contributed by atoms with E-state index in [9.17, 15) is 4.79 Å². The van der Waals surface area contributed by atoms with Crippen LogP contribution in [0.15, 0.2) is 24.3 Å². The van der Waals surface area contributed by atoms with Crippen LogP contribution in [0.5, 0.6) is 0 Å². The summed E-state index contributed by atoms with van der Waals surface area (Å²) in [5.41, 5.74) is 1.84. The van der Waals surface area contributed by atoms with Crippen molar-refractivity contribution in [1.29, 1.82) is 0 Å². The largest absolute Gasteiger partial charge is 0.440 e. The molecule has 0 radical (unpaired) electrons. The number of rotatable bonds is 3. The number of carbonyl (C=O) groups excluding carboxylic acids is 1. The lowest BCUT2D eigenvalue weighted by atomic mass is 10.1. The molecular formula is C13H18NO2+. The number of ether oxygens (including phenoxy) is 1. The molecule has 0 aliphatic heterocycles. The highest BCUT2D eigenvalue weighted by molar-refractivity contribution is 5.97. The fourth-order valence-corrected chi connectivity index (χ4v) is 1.12. The van der Waals surface area contributed by atoms with Crippen molar-refractivity contribution in [2.24, 2.45) is 0 Å². The van der Waals surface area contributed by atoms with Gasteiger partial charge < -0.3 is 4.74 Å². The first-order chi connectivity index (χ1) is 7.50. The second kappa shape index (κ2) is 5.45. The molecule has 86 valence electrons. The van der Waals surface area contributed by atoms with E-state index in [-0.39, 0.29) is 12.4 Å². The fraction of sp³-hybridized carbons (Fsp3) is 0.385. The third-order valence-corrected chi connectivity index (χ3v) is 2.42. The van der Waals surface area contributed by atoms with Crippen molar-refractivity contribution in [1.82, 2.24) is 0 Å². The second-order valence-corrected chi connectivity index (χ2v) is 3.99. The first-order valence-electron chi connectivity index (χ1n) is 5.24. The molecule has 1 aromatic carbocycles. The standard InChI is InChI=1S/C13H18NO2/c1-10-5-7-12(8-6-10)13(15)9-16-11(2)14(3)4/h5-8H,9H2,1-4H3/q+1. The lowest BCUT2D eigenvalue weighted by Gasteiger charge is -2.03. The summed E-state index contributed by atoms with van der Waals surface area (Å²) in [5, 5.41) is 0. The minimum atomic E-state index is 0.00111. The number of benzene rings is 1. The molecule has 0 saturated carbocycles. The van der Waals surface area contributed by atoms with E-state index in [1.807, 2.05) is 56.8 Å². The summed E-state index contributed by atoms with van der Waals surface area (Å²) in [6.07, 6.45) is 0. The van der Waals surface area contributed by atoms with Crippen LogP contribution in [0.25, 0.3) is 0 Å². The Morgan fingerprint density at radius 3 is 2.31 bits per heavy atom. The van der Waals surface area contributed by atoms with Crippen molar-refractivity contribution in [3.8, 4) is 0 Å². The maximum Gasteiger partial charge on any atom is 0.333 e. The maximum absolute atomic E-state index is 11.7. The predicted octanol–water partition coefficient (Wildman–Crippen LogP) is 1.88. The molecule has 0 heterocycles. The minimum absolute atomic E-state index is 0.00111. The lowest BCUT2D eigenvalue weighted by Crippen LogP contribution is -2.18. The molecule has 0 saturated heterocycles. The second-order valence-electron chi connectivity index (χ2n) is 3.99. The highest BCUT2D eigenvalue weighted by Crippen LogP contribution is 2.04. The molecule has 0 spiro atoms. The summed E-state index contributed by atoms with van der Waals surface area (Å²) in [4.78, 5) is 11.7. The van der Waals surface area contributed by atoms with Gasteiger partial charge in [0, 0.05) is 5.56 Å². The van der Waals surface area contributed by atoms with Gasteiger partial charge in [0.2, 0.25) is 0 Å². The van der Waals surface area contributed by atoms with Gasteiger partial charge in [0.05, 0.1) is 6.92 Å². The molecule has 1 aromatic rings. The minimum Gasteiger partial charge on any atom is -0.440 e. The van der Waals surface area contributed by atoms with Gasteiger partial charge in [-0.2, -0.15) is 0 Å². The van der Waals surface area contributed by atoms with Crippen molar-refractivity contribution in [2.45, 2.75) is 13.8 Å². The Balaban J connectivity index is 2.60. The van der Waals surface area contributed by atoms with E-state index in [1.165, 1.54) is 0 Å². The Kier molecular flexibility index (Phi) is 4.23. The maximum atomic E-state index is 11.7. The van der Waals surface area contributed by atoms with Crippen molar-refractivity contribution in [3.63, 3.8) is 0 Å². The van der Waals surface area contributed by atoms with Crippen LogP contribution in [0.1, 0.15) is 22.8 Å². The highest BCUT2D eigenvalue weighted by Gasteiger charge is 2.08. The van der Waals surface area contributed by atoms with E-state index in [1.54, 1.807) is 0 Å². The van der Waals surface area contributed by atoms with E-state index in [0.29, 0.717) is 5.56 Å². The zero-order valence-electron chi connectivity index (χ0n) is 10.3. The third-order valence-electron chi connectivity index (χ3n) is 2.42. The number of aryl methyl sites for hydroxylation is 1. The van der Waals surface area contributed by atoms with Gasteiger partial charge in [-0.3, -0.25) is 4.79 Å². The molecule has 3 heteroatoms. The van der Waals surface area contributed by atoms with Crippen molar-refractivity contribution in [3.05, 3.63) is 35.4 Å². The summed E-state index contributed by atoms with van der Waals surface area (Å²) in [5.74, 6) is 0.738. The topological polar surface area (TPSA) is 29.3 Å². The monoisotopic (exact) mass is 220 g/mol. The van der Waals surface area contributed by atoms with E-state index < -0.39 is 0 Å². The average Bonchev–Trinajstić information content (AvgIpc) is 2.26. The number of carbonyl (C=O) groups is 1. The van der Waals surface area contributed by atoms with Crippen LogP contribution < -0.4 is 0 Å². The van der Waals surface area contributed by atoms with Crippen LogP contribution in [0.3, 0.4) is 0 Å². The molecule has 0 atom stereocenters. The summed E-state index contributed by atoms with van der Waals surface area (Å²) in [6.45, 7) is 3.92. The van der Waals surface area contributed by atoms with Crippen LogP contribution in [0, 0.1) is 6.92 Å². The van der Waals surface area contributed by atoms with Gasteiger partial charge in [-0.1, -0.05) is 29.8 Å². The normalized spacial score (nSPS) is 9.75. The van der Waals surface area contributed by atoms with Crippen molar-refractivity contribution in [2.75, 3.05) is 20.7 Å². The van der Waals surface area contributed by atoms with Crippen molar-refractivity contribution < 1.29 is 14.1 Å². The Morgan fingerprint density at radius 2 is 1.81 bits per heavy atom. The molecule has 0 aliphatic carbocycles. The fourth-order valence-electron chi connectivity index (χ4n) is 1.12. The van der Waals surface area contributed by atoms with Gasteiger partial charge in [0.25, 0.3) is 0 Å². The number of hydrogen-bond acceptors (Lipinski definition) is 2.